The van der Waals surface area contributed by atoms with Gasteiger partial charge in [0.15, 0.2) is 5.82 Å². The van der Waals surface area contributed by atoms with Crippen molar-refractivity contribution in [2.24, 2.45) is 5.92 Å². The van der Waals surface area contributed by atoms with E-state index in [4.69, 9.17) is 4.52 Å². The van der Waals surface area contributed by atoms with E-state index in [0.29, 0.717) is 24.1 Å². The van der Waals surface area contributed by atoms with Crippen molar-refractivity contribution >= 4 is 5.82 Å². The minimum Gasteiger partial charge on any atom is -0.388 e. The van der Waals surface area contributed by atoms with Gasteiger partial charge in [0.25, 0.3) is 5.89 Å². The lowest BCUT2D eigenvalue weighted by molar-refractivity contribution is 0.0175. The Morgan fingerprint density at radius 2 is 2.09 bits per heavy atom. The maximum atomic E-state index is 10.5. The van der Waals surface area contributed by atoms with E-state index in [2.05, 4.69) is 27.4 Å². The van der Waals surface area contributed by atoms with Crippen LogP contribution in [0.2, 0.25) is 0 Å². The third-order valence-electron chi connectivity index (χ3n) is 4.27. The molecule has 0 bridgehead atoms. The lowest BCUT2D eigenvalue weighted by Gasteiger charge is -2.30. The minimum absolute atomic E-state index is 0.197. The molecule has 2 atom stereocenters. The summed E-state index contributed by atoms with van der Waals surface area (Å²) in [4.78, 5) is 8.67. The van der Waals surface area contributed by atoms with Gasteiger partial charge in [-0.25, -0.2) is 4.98 Å². The van der Waals surface area contributed by atoms with Gasteiger partial charge in [0.1, 0.15) is 5.82 Å². The number of nitrogens with zero attached hydrogens (tertiary/aromatic N) is 3. The predicted molar refractivity (Wildman–Crippen MR) is 90.2 cm³/mol. The molecule has 2 unspecified atom stereocenters. The van der Waals surface area contributed by atoms with Gasteiger partial charge in [0, 0.05) is 24.2 Å². The van der Waals surface area contributed by atoms with Crippen molar-refractivity contribution in [1.82, 2.24) is 15.1 Å². The van der Waals surface area contributed by atoms with Gasteiger partial charge < -0.3 is 14.9 Å². The van der Waals surface area contributed by atoms with Crippen molar-refractivity contribution < 1.29 is 9.63 Å². The topological polar surface area (TPSA) is 84.1 Å². The molecule has 0 aromatic carbocycles. The van der Waals surface area contributed by atoms with E-state index < -0.39 is 5.60 Å². The average Bonchev–Trinajstić information content (AvgIpc) is 3.03. The van der Waals surface area contributed by atoms with Gasteiger partial charge in [-0.05, 0) is 25.0 Å². The zero-order valence-corrected chi connectivity index (χ0v) is 14.5. The number of aromatic nitrogens is 3. The lowest BCUT2D eigenvalue weighted by Crippen LogP contribution is -2.40. The van der Waals surface area contributed by atoms with Crippen LogP contribution < -0.4 is 5.32 Å². The fourth-order valence-corrected chi connectivity index (χ4v) is 2.13. The Labute approximate surface area is 137 Å². The zero-order chi connectivity index (χ0) is 17.0. The van der Waals surface area contributed by atoms with Gasteiger partial charge >= 0.3 is 0 Å². The van der Waals surface area contributed by atoms with Crippen LogP contribution in [0.4, 0.5) is 5.82 Å². The number of anilines is 1. The quantitative estimate of drug-likeness (QED) is 0.813. The minimum atomic E-state index is -0.790. The fourth-order valence-electron chi connectivity index (χ4n) is 2.13. The second kappa shape index (κ2) is 7.08. The van der Waals surface area contributed by atoms with E-state index in [9.17, 15) is 5.11 Å². The number of nitrogens with one attached hydrogen (secondary N) is 1. The van der Waals surface area contributed by atoms with Crippen LogP contribution in [0.25, 0.3) is 11.5 Å². The first-order valence-electron chi connectivity index (χ1n) is 8.09. The first-order valence-corrected chi connectivity index (χ1v) is 8.09. The molecule has 6 heteroatoms. The molecular weight excluding hydrogens is 292 g/mol. The largest absolute Gasteiger partial charge is 0.388 e. The summed E-state index contributed by atoms with van der Waals surface area (Å²) >= 11 is 0. The van der Waals surface area contributed by atoms with Crippen LogP contribution in [0.1, 0.15) is 52.8 Å². The van der Waals surface area contributed by atoms with E-state index >= 15 is 0 Å². The molecule has 0 saturated carbocycles. The van der Waals surface area contributed by atoms with Crippen molar-refractivity contribution in [2.75, 3.05) is 11.9 Å². The SMILES string of the molecule is CCC(C)C(C)(O)CNc1cc(-c2nc(C(C)C)no2)ccn1. The van der Waals surface area contributed by atoms with Crippen LogP contribution in [0.5, 0.6) is 0 Å². The summed E-state index contributed by atoms with van der Waals surface area (Å²) in [6.45, 7) is 10.4. The Balaban J connectivity index is 2.10. The van der Waals surface area contributed by atoms with E-state index in [1.54, 1.807) is 6.20 Å². The summed E-state index contributed by atoms with van der Waals surface area (Å²) in [5.74, 6) is 2.26. The van der Waals surface area contributed by atoms with Crippen LogP contribution in [0, 0.1) is 5.92 Å². The van der Waals surface area contributed by atoms with E-state index in [0.717, 1.165) is 12.0 Å². The molecule has 6 nitrogen and oxygen atoms in total. The molecular formula is C17H26N4O2. The monoisotopic (exact) mass is 318 g/mol. The molecule has 2 heterocycles. The summed E-state index contributed by atoms with van der Waals surface area (Å²) in [6, 6.07) is 3.68. The normalized spacial score (nSPS) is 15.4. The van der Waals surface area contributed by atoms with Crippen molar-refractivity contribution in [1.29, 1.82) is 0 Å². The predicted octanol–water partition coefficient (Wildman–Crippen LogP) is 3.46. The summed E-state index contributed by atoms with van der Waals surface area (Å²) in [7, 11) is 0. The van der Waals surface area contributed by atoms with Crippen molar-refractivity contribution in [3.05, 3.63) is 24.2 Å². The number of hydrogen-bond acceptors (Lipinski definition) is 6. The molecule has 0 aliphatic rings. The highest BCUT2D eigenvalue weighted by molar-refractivity contribution is 5.57. The summed E-state index contributed by atoms with van der Waals surface area (Å²) in [5, 5.41) is 17.6. The zero-order valence-electron chi connectivity index (χ0n) is 14.5. The lowest BCUT2D eigenvalue weighted by atomic mass is 9.89. The summed E-state index contributed by atoms with van der Waals surface area (Å²) < 4.78 is 5.30. The molecule has 2 rings (SSSR count). The molecule has 2 aromatic rings. The van der Waals surface area contributed by atoms with E-state index in [1.807, 2.05) is 39.8 Å². The first-order chi connectivity index (χ1) is 10.8. The average molecular weight is 318 g/mol. The Bertz CT molecular complexity index is 637. The van der Waals surface area contributed by atoms with Gasteiger partial charge in [-0.1, -0.05) is 39.3 Å². The van der Waals surface area contributed by atoms with Crippen LogP contribution in [-0.2, 0) is 0 Å². The maximum Gasteiger partial charge on any atom is 0.258 e. The molecule has 2 N–H and O–H groups in total. The smallest absolute Gasteiger partial charge is 0.258 e. The molecule has 0 amide bonds. The van der Waals surface area contributed by atoms with Crippen LogP contribution in [-0.4, -0.2) is 32.4 Å². The highest BCUT2D eigenvalue weighted by atomic mass is 16.5. The molecule has 0 aliphatic carbocycles. The Kier molecular flexibility index (Phi) is 5.36. The highest BCUT2D eigenvalue weighted by Crippen LogP contribution is 2.23. The number of rotatable bonds is 7. The molecule has 0 fully saturated rings. The van der Waals surface area contributed by atoms with Gasteiger partial charge in [-0.3, -0.25) is 0 Å². The maximum absolute atomic E-state index is 10.5. The highest BCUT2D eigenvalue weighted by Gasteiger charge is 2.26. The number of hydrogen-bond donors (Lipinski definition) is 2. The molecule has 0 aliphatic heterocycles. The Morgan fingerprint density at radius 3 is 2.70 bits per heavy atom. The summed E-state index contributed by atoms with van der Waals surface area (Å²) in [5.41, 5.74) is 0.0203. The van der Waals surface area contributed by atoms with Crippen LogP contribution >= 0.6 is 0 Å². The van der Waals surface area contributed by atoms with Gasteiger partial charge in [0.05, 0.1) is 5.60 Å². The molecule has 2 aromatic heterocycles. The molecule has 126 valence electrons. The molecule has 23 heavy (non-hydrogen) atoms. The van der Waals surface area contributed by atoms with Crippen molar-refractivity contribution in [3.8, 4) is 11.5 Å². The fraction of sp³-hybridized carbons (Fsp3) is 0.588. The van der Waals surface area contributed by atoms with E-state index in [1.165, 1.54) is 0 Å². The van der Waals surface area contributed by atoms with Crippen molar-refractivity contribution in [2.45, 2.75) is 52.6 Å². The van der Waals surface area contributed by atoms with Gasteiger partial charge in [-0.15, -0.1) is 0 Å². The molecule has 0 spiro atoms. The van der Waals surface area contributed by atoms with Gasteiger partial charge in [-0.2, -0.15) is 4.98 Å². The third kappa shape index (κ3) is 4.28. The first kappa shape index (κ1) is 17.4. The second-order valence-electron chi connectivity index (χ2n) is 6.56. The molecule has 0 radical (unpaired) electrons. The Hall–Kier alpha value is -1.95. The Morgan fingerprint density at radius 1 is 1.35 bits per heavy atom. The van der Waals surface area contributed by atoms with Crippen LogP contribution in [0.3, 0.4) is 0 Å². The summed E-state index contributed by atoms with van der Waals surface area (Å²) in [6.07, 6.45) is 2.61. The number of pyridine rings is 1. The van der Waals surface area contributed by atoms with Gasteiger partial charge in [0.2, 0.25) is 0 Å². The number of aliphatic hydroxyl groups is 1. The van der Waals surface area contributed by atoms with Crippen molar-refractivity contribution in [3.63, 3.8) is 0 Å². The second-order valence-corrected chi connectivity index (χ2v) is 6.56. The van der Waals surface area contributed by atoms with E-state index in [-0.39, 0.29) is 11.8 Å². The van der Waals surface area contributed by atoms with Crippen LogP contribution in [0.15, 0.2) is 22.9 Å². The standard InChI is InChI=1S/C17H26N4O2/c1-6-12(4)17(5,22)10-19-14-9-13(7-8-18-14)16-20-15(11(2)3)21-23-16/h7-9,11-12,22H,6,10H2,1-5H3,(H,18,19). The molecule has 0 saturated heterocycles. The third-order valence-corrected chi connectivity index (χ3v) is 4.27.